The van der Waals surface area contributed by atoms with Gasteiger partial charge in [0, 0.05) is 19.0 Å². The van der Waals surface area contributed by atoms with E-state index in [1.54, 1.807) is 4.90 Å². The molecule has 1 saturated carbocycles. The van der Waals surface area contributed by atoms with Crippen LogP contribution in [0.15, 0.2) is 48.5 Å². The van der Waals surface area contributed by atoms with E-state index in [1.165, 1.54) is 22.3 Å². The molecule has 5 nitrogen and oxygen atoms in total. The molecule has 2 fully saturated rings. The van der Waals surface area contributed by atoms with Crippen molar-refractivity contribution >= 4 is 12.1 Å². The Balaban J connectivity index is 1.28. The van der Waals surface area contributed by atoms with Gasteiger partial charge in [-0.05, 0) is 40.5 Å². The molecule has 1 heterocycles. The molecule has 3 unspecified atom stereocenters. The Morgan fingerprint density at radius 1 is 1.00 bits per heavy atom. The molecule has 2 aromatic carbocycles. The van der Waals surface area contributed by atoms with Crippen molar-refractivity contribution in [3.8, 4) is 11.1 Å². The quantitative estimate of drug-likeness (QED) is 0.905. The Morgan fingerprint density at radius 3 is 2.26 bits per heavy atom. The Hall–Kier alpha value is -2.82. The van der Waals surface area contributed by atoms with Crippen molar-refractivity contribution in [1.82, 2.24) is 4.90 Å². The number of carboxylic acids is 1. The van der Waals surface area contributed by atoms with Gasteiger partial charge in [0.1, 0.15) is 6.61 Å². The van der Waals surface area contributed by atoms with Crippen LogP contribution in [-0.4, -0.2) is 41.8 Å². The first kappa shape index (κ1) is 16.4. The van der Waals surface area contributed by atoms with Crippen LogP contribution < -0.4 is 0 Å². The zero-order valence-electron chi connectivity index (χ0n) is 14.9. The van der Waals surface area contributed by atoms with Gasteiger partial charge in [-0.2, -0.15) is 0 Å². The lowest BCUT2D eigenvalue weighted by Crippen LogP contribution is -2.40. The number of aliphatic carboxylic acids is 1. The summed E-state index contributed by atoms with van der Waals surface area (Å²) in [4.78, 5) is 25.5. The lowest BCUT2D eigenvalue weighted by Gasteiger charge is -2.35. The van der Waals surface area contributed by atoms with Gasteiger partial charge in [-0.25, -0.2) is 4.79 Å². The minimum absolute atomic E-state index is 0.0486. The molecule has 0 spiro atoms. The molecule has 1 saturated heterocycles. The van der Waals surface area contributed by atoms with Crippen molar-refractivity contribution in [2.45, 2.75) is 12.3 Å². The first-order valence-corrected chi connectivity index (χ1v) is 9.46. The van der Waals surface area contributed by atoms with E-state index in [-0.39, 0.29) is 23.8 Å². The minimum Gasteiger partial charge on any atom is -0.481 e. The van der Waals surface area contributed by atoms with Gasteiger partial charge in [-0.3, -0.25) is 4.79 Å². The van der Waals surface area contributed by atoms with Crippen LogP contribution in [0.1, 0.15) is 23.5 Å². The van der Waals surface area contributed by atoms with Crippen molar-refractivity contribution in [2.24, 2.45) is 17.8 Å². The van der Waals surface area contributed by atoms with Crippen molar-refractivity contribution in [2.75, 3.05) is 19.7 Å². The highest BCUT2D eigenvalue weighted by Crippen LogP contribution is 2.47. The number of ether oxygens (including phenoxy) is 1. The van der Waals surface area contributed by atoms with Gasteiger partial charge in [-0.15, -0.1) is 0 Å². The molecule has 5 rings (SSSR count). The zero-order valence-corrected chi connectivity index (χ0v) is 14.9. The van der Waals surface area contributed by atoms with E-state index >= 15 is 0 Å². The summed E-state index contributed by atoms with van der Waals surface area (Å²) in [6.45, 7) is 1.42. The monoisotopic (exact) mass is 363 g/mol. The Labute approximate surface area is 157 Å². The average molecular weight is 363 g/mol. The number of amides is 1. The van der Waals surface area contributed by atoms with Crippen LogP contribution in [0, 0.1) is 17.8 Å². The van der Waals surface area contributed by atoms with Crippen LogP contribution in [-0.2, 0) is 9.53 Å². The number of carboxylic acid groups (broad SMARTS) is 1. The highest BCUT2D eigenvalue weighted by Gasteiger charge is 2.51. The number of carbonyl (C=O) groups is 2. The molecule has 3 atom stereocenters. The predicted octanol–water partition coefficient (Wildman–Crippen LogP) is 3.59. The molecule has 1 amide bonds. The van der Waals surface area contributed by atoms with Crippen molar-refractivity contribution in [1.29, 1.82) is 0 Å². The second-order valence-electron chi connectivity index (χ2n) is 7.81. The van der Waals surface area contributed by atoms with Crippen LogP contribution in [0.5, 0.6) is 0 Å². The summed E-state index contributed by atoms with van der Waals surface area (Å²) >= 11 is 0. The fraction of sp³-hybridized carbons (Fsp3) is 0.364. The third-order valence-corrected chi connectivity index (χ3v) is 6.48. The highest BCUT2D eigenvalue weighted by atomic mass is 16.6. The number of hydrogen-bond donors (Lipinski definition) is 1. The van der Waals surface area contributed by atoms with Gasteiger partial charge in [0.2, 0.25) is 0 Å². The van der Waals surface area contributed by atoms with Gasteiger partial charge >= 0.3 is 12.1 Å². The predicted molar refractivity (Wildman–Crippen MR) is 99.4 cm³/mol. The largest absolute Gasteiger partial charge is 0.481 e. The first-order chi connectivity index (χ1) is 13.1. The normalized spacial score (nSPS) is 25.3. The van der Waals surface area contributed by atoms with Crippen LogP contribution in [0.4, 0.5) is 4.79 Å². The van der Waals surface area contributed by atoms with E-state index in [1.807, 2.05) is 24.3 Å². The summed E-state index contributed by atoms with van der Waals surface area (Å²) in [5.41, 5.74) is 4.80. The summed E-state index contributed by atoms with van der Waals surface area (Å²) < 4.78 is 5.68. The summed E-state index contributed by atoms with van der Waals surface area (Å²) in [6.07, 6.45) is 0.350. The number of fused-ring (bicyclic) bond motifs is 4. The van der Waals surface area contributed by atoms with Gasteiger partial charge in [0.05, 0.1) is 5.92 Å². The number of rotatable bonds is 3. The average Bonchev–Trinajstić information content (AvgIpc) is 3.15. The lowest BCUT2D eigenvalue weighted by molar-refractivity contribution is -0.149. The van der Waals surface area contributed by atoms with E-state index in [4.69, 9.17) is 4.74 Å². The van der Waals surface area contributed by atoms with Crippen molar-refractivity contribution < 1.29 is 19.4 Å². The summed E-state index contributed by atoms with van der Waals surface area (Å²) in [6, 6.07) is 16.5. The second-order valence-corrected chi connectivity index (χ2v) is 7.81. The van der Waals surface area contributed by atoms with Crippen LogP contribution >= 0.6 is 0 Å². The SMILES string of the molecule is O=C(O)C1CC2CN(C(=O)OCC3c4ccccc4-c4ccccc43)CC21. The molecule has 0 aromatic heterocycles. The molecule has 3 aliphatic rings. The fourth-order valence-corrected chi connectivity index (χ4v) is 5.03. The van der Waals surface area contributed by atoms with Crippen LogP contribution in [0.25, 0.3) is 11.1 Å². The van der Waals surface area contributed by atoms with Gasteiger partial charge < -0.3 is 14.7 Å². The molecule has 5 heteroatoms. The molecule has 2 aliphatic carbocycles. The van der Waals surface area contributed by atoms with Crippen molar-refractivity contribution in [3.05, 3.63) is 59.7 Å². The summed E-state index contributed by atoms with van der Waals surface area (Å²) in [5.74, 6) is -0.603. The van der Waals surface area contributed by atoms with E-state index in [2.05, 4.69) is 24.3 Å². The molecule has 0 bridgehead atoms. The molecular weight excluding hydrogens is 342 g/mol. The lowest BCUT2D eigenvalue weighted by atomic mass is 9.67. The van der Waals surface area contributed by atoms with Gasteiger partial charge in [0.15, 0.2) is 0 Å². The Bertz CT molecular complexity index is 879. The van der Waals surface area contributed by atoms with Gasteiger partial charge in [-0.1, -0.05) is 48.5 Å². The van der Waals surface area contributed by atoms with Crippen LogP contribution in [0.3, 0.4) is 0 Å². The topological polar surface area (TPSA) is 66.8 Å². The number of benzene rings is 2. The molecular formula is C22H21NO4. The zero-order chi connectivity index (χ0) is 18.5. The molecule has 1 N–H and O–H groups in total. The molecule has 138 valence electrons. The van der Waals surface area contributed by atoms with Crippen molar-refractivity contribution in [3.63, 3.8) is 0 Å². The highest BCUT2D eigenvalue weighted by molar-refractivity contribution is 5.79. The maximum absolute atomic E-state index is 12.6. The van der Waals surface area contributed by atoms with E-state index in [0.29, 0.717) is 32.0 Å². The second kappa shape index (κ2) is 6.12. The minimum atomic E-state index is -0.745. The standard InChI is InChI=1S/C22H21NO4/c24-21(25)18-9-13-10-23(11-19(13)18)22(26)27-12-20-16-7-3-1-5-14(16)15-6-2-4-8-17(15)20/h1-8,13,18-20H,9-12H2,(H,24,25). The number of nitrogens with zero attached hydrogens (tertiary/aromatic N) is 1. The Morgan fingerprint density at radius 2 is 1.63 bits per heavy atom. The maximum atomic E-state index is 12.6. The van der Waals surface area contributed by atoms with Gasteiger partial charge in [0.25, 0.3) is 0 Å². The number of likely N-dealkylation sites (tertiary alicyclic amines) is 1. The first-order valence-electron chi connectivity index (χ1n) is 9.46. The fourth-order valence-electron chi connectivity index (χ4n) is 5.03. The summed E-state index contributed by atoms with van der Waals surface area (Å²) in [7, 11) is 0. The molecule has 27 heavy (non-hydrogen) atoms. The molecule has 2 aromatic rings. The smallest absolute Gasteiger partial charge is 0.409 e. The third kappa shape index (κ3) is 2.52. The Kier molecular flexibility index (Phi) is 3.71. The summed E-state index contributed by atoms with van der Waals surface area (Å²) in [5, 5.41) is 9.20. The maximum Gasteiger partial charge on any atom is 0.409 e. The number of carbonyl (C=O) groups excluding carboxylic acids is 1. The van der Waals surface area contributed by atoms with E-state index in [9.17, 15) is 14.7 Å². The van der Waals surface area contributed by atoms with E-state index in [0.717, 1.165) is 0 Å². The molecule has 0 radical (unpaired) electrons. The van der Waals surface area contributed by atoms with E-state index < -0.39 is 5.97 Å². The number of hydrogen-bond acceptors (Lipinski definition) is 3. The van der Waals surface area contributed by atoms with Crippen LogP contribution in [0.2, 0.25) is 0 Å². The molecule has 1 aliphatic heterocycles. The third-order valence-electron chi connectivity index (χ3n) is 6.48.